The fourth-order valence-electron chi connectivity index (χ4n) is 2.66. The van der Waals surface area contributed by atoms with E-state index >= 15 is 0 Å². The van der Waals surface area contributed by atoms with Crippen molar-refractivity contribution >= 4 is 51.7 Å². The van der Waals surface area contributed by atoms with Crippen LogP contribution in [0.4, 0.5) is 5.13 Å². The van der Waals surface area contributed by atoms with Crippen LogP contribution in [-0.4, -0.2) is 17.5 Å². The molecule has 0 aliphatic carbocycles. The Kier molecular flexibility index (Phi) is 7.85. The summed E-state index contributed by atoms with van der Waals surface area (Å²) in [5.41, 5.74) is 1.38. The van der Waals surface area contributed by atoms with E-state index in [2.05, 4.69) is 16.9 Å². The molecule has 31 heavy (non-hydrogen) atoms. The molecule has 3 rings (SSSR count). The van der Waals surface area contributed by atoms with Gasteiger partial charge in [-0.3, -0.25) is 10.1 Å². The van der Waals surface area contributed by atoms with Gasteiger partial charge in [0.1, 0.15) is 24.0 Å². The molecule has 5 nitrogen and oxygen atoms in total. The number of nitriles is 1. The molecule has 0 saturated heterocycles. The molecule has 0 aliphatic rings. The van der Waals surface area contributed by atoms with E-state index in [1.807, 2.05) is 30.3 Å². The fraction of sp³-hybridized carbons (Fsp3) is 0.0870. The standard InChI is InChI=1S/C23H17Cl2N3O2S/c1-2-9-30-21-8-7-18(24)11-16(21)10-17(13-26)22(29)28-23-27-14-19(31-23)12-15-5-3-4-6-20(15)25/h2-8,10-11,14H,1,9,12H2,(H,27,28,29). The van der Waals surface area contributed by atoms with E-state index in [4.69, 9.17) is 27.9 Å². The van der Waals surface area contributed by atoms with Crippen LogP contribution in [0.25, 0.3) is 6.08 Å². The summed E-state index contributed by atoms with van der Waals surface area (Å²) < 4.78 is 5.57. The van der Waals surface area contributed by atoms with E-state index in [-0.39, 0.29) is 12.2 Å². The van der Waals surface area contributed by atoms with Gasteiger partial charge in [-0.2, -0.15) is 5.26 Å². The number of nitrogens with one attached hydrogen (secondary N) is 1. The van der Waals surface area contributed by atoms with Crippen LogP contribution in [0.1, 0.15) is 16.0 Å². The number of hydrogen-bond donors (Lipinski definition) is 1. The molecule has 1 amide bonds. The van der Waals surface area contributed by atoms with E-state index < -0.39 is 5.91 Å². The SMILES string of the molecule is C=CCOc1ccc(Cl)cc1C=C(C#N)C(=O)Nc1ncc(Cc2ccccc2Cl)s1. The predicted molar refractivity (Wildman–Crippen MR) is 126 cm³/mol. The molecule has 0 fully saturated rings. The van der Waals surface area contributed by atoms with Crippen molar-refractivity contribution in [2.45, 2.75) is 6.42 Å². The first-order valence-electron chi connectivity index (χ1n) is 9.14. The molecule has 0 bridgehead atoms. The van der Waals surface area contributed by atoms with Crippen molar-refractivity contribution < 1.29 is 9.53 Å². The van der Waals surface area contributed by atoms with Gasteiger partial charge < -0.3 is 4.74 Å². The molecule has 0 saturated carbocycles. The molecule has 1 aromatic heterocycles. The average molecular weight is 470 g/mol. The van der Waals surface area contributed by atoms with Gasteiger partial charge in [-0.05, 0) is 35.9 Å². The number of carbonyl (C=O) groups excluding carboxylic acids is 1. The number of rotatable bonds is 8. The monoisotopic (exact) mass is 469 g/mol. The maximum atomic E-state index is 12.6. The van der Waals surface area contributed by atoms with Crippen molar-refractivity contribution in [1.29, 1.82) is 5.26 Å². The number of aromatic nitrogens is 1. The fourth-order valence-corrected chi connectivity index (χ4v) is 3.87. The Hall–Kier alpha value is -3.11. The number of thiazole rings is 1. The Bertz CT molecular complexity index is 1180. The van der Waals surface area contributed by atoms with Crippen LogP contribution in [0, 0.1) is 11.3 Å². The number of carbonyl (C=O) groups is 1. The number of ether oxygens (including phenoxy) is 1. The summed E-state index contributed by atoms with van der Waals surface area (Å²) in [6.45, 7) is 3.89. The lowest BCUT2D eigenvalue weighted by atomic mass is 10.1. The van der Waals surface area contributed by atoms with Crippen LogP contribution in [0.2, 0.25) is 10.0 Å². The first-order valence-corrected chi connectivity index (χ1v) is 10.7. The molecule has 0 atom stereocenters. The van der Waals surface area contributed by atoms with Crippen molar-refractivity contribution in [3.63, 3.8) is 0 Å². The van der Waals surface area contributed by atoms with Gasteiger partial charge in [0.25, 0.3) is 5.91 Å². The largest absolute Gasteiger partial charge is 0.489 e. The van der Waals surface area contributed by atoms with Crippen molar-refractivity contribution in [2.75, 3.05) is 11.9 Å². The lowest BCUT2D eigenvalue weighted by Crippen LogP contribution is -2.13. The molecular formula is C23H17Cl2N3O2S. The summed E-state index contributed by atoms with van der Waals surface area (Å²) in [4.78, 5) is 17.8. The van der Waals surface area contributed by atoms with E-state index in [0.717, 1.165) is 10.4 Å². The first kappa shape index (κ1) is 22.6. The lowest BCUT2D eigenvalue weighted by Gasteiger charge is -2.08. The van der Waals surface area contributed by atoms with Crippen LogP contribution in [0.15, 0.2) is 66.9 Å². The highest BCUT2D eigenvalue weighted by atomic mass is 35.5. The summed E-state index contributed by atoms with van der Waals surface area (Å²) in [5, 5.41) is 13.7. The number of nitrogens with zero attached hydrogens (tertiary/aromatic N) is 2. The van der Waals surface area contributed by atoms with Gasteiger partial charge in [-0.25, -0.2) is 4.98 Å². The zero-order chi connectivity index (χ0) is 22.2. The van der Waals surface area contributed by atoms with Crippen molar-refractivity contribution in [3.8, 4) is 11.8 Å². The normalized spacial score (nSPS) is 10.9. The van der Waals surface area contributed by atoms with E-state index in [0.29, 0.717) is 32.9 Å². The van der Waals surface area contributed by atoms with Crippen LogP contribution < -0.4 is 10.1 Å². The number of anilines is 1. The zero-order valence-electron chi connectivity index (χ0n) is 16.3. The number of halogens is 2. The van der Waals surface area contributed by atoms with Crippen LogP contribution >= 0.6 is 34.5 Å². The van der Waals surface area contributed by atoms with Crippen molar-refractivity contribution in [2.24, 2.45) is 0 Å². The van der Waals surface area contributed by atoms with Crippen LogP contribution in [0.5, 0.6) is 5.75 Å². The first-order chi connectivity index (χ1) is 15.0. The van der Waals surface area contributed by atoms with Crippen molar-refractivity contribution in [3.05, 3.63) is 92.9 Å². The Balaban J connectivity index is 1.76. The highest BCUT2D eigenvalue weighted by Crippen LogP contribution is 2.27. The summed E-state index contributed by atoms with van der Waals surface area (Å²) in [6, 6.07) is 14.4. The molecule has 0 aliphatic heterocycles. The van der Waals surface area contributed by atoms with E-state index in [1.165, 1.54) is 17.4 Å². The van der Waals surface area contributed by atoms with Gasteiger partial charge in [0.05, 0.1) is 0 Å². The summed E-state index contributed by atoms with van der Waals surface area (Å²) in [7, 11) is 0. The average Bonchev–Trinajstić information content (AvgIpc) is 3.19. The highest BCUT2D eigenvalue weighted by molar-refractivity contribution is 7.15. The third kappa shape index (κ3) is 6.19. The lowest BCUT2D eigenvalue weighted by molar-refractivity contribution is -0.112. The quantitative estimate of drug-likeness (QED) is 0.243. The summed E-state index contributed by atoms with van der Waals surface area (Å²) in [6.07, 6.45) is 5.30. The Morgan fingerprint density at radius 2 is 2.10 bits per heavy atom. The van der Waals surface area contributed by atoms with E-state index in [9.17, 15) is 10.1 Å². The predicted octanol–water partition coefficient (Wildman–Crippen LogP) is 6.15. The van der Waals surface area contributed by atoms with Crippen LogP contribution in [0.3, 0.4) is 0 Å². The zero-order valence-corrected chi connectivity index (χ0v) is 18.6. The molecule has 3 aromatic rings. The van der Waals surface area contributed by atoms with Gasteiger partial charge in [-0.1, -0.05) is 54.1 Å². The number of amides is 1. The third-order valence-electron chi connectivity index (χ3n) is 4.09. The molecule has 156 valence electrons. The summed E-state index contributed by atoms with van der Waals surface area (Å²) >= 11 is 13.6. The van der Waals surface area contributed by atoms with Gasteiger partial charge in [0.15, 0.2) is 5.13 Å². The topological polar surface area (TPSA) is 75.0 Å². The smallest absolute Gasteiger partial charge is 0.268 e. The molecular weight excluding hydrogens is 453 g/mol. The van der Waals surface area contributed by atoms with Gasteiger partial charge in [0.2, 0.25) is 0 Å². The maximum Gasteiger partial charge on any atom is 0.268 e. The maximum absolute atomic E-state index is 12.6. The minimum atomic E-state index is -0.573. The molecule has 1 heterocycles. The van der Waals surface area contributed by atoms with Crippen LogP contribution in [-0.2, 0) is 11.2 Å². The second-order valence-electron chi connectivity index (χ2n) is 6.31. The Morgan fingerprint density at radius 1 is 1.29 bits per heavy atom. The summed E-state index contributed by atoms with van der Waals surface area (Å²) in [5.74, 6) is -0.0862. The minimum Gasteiger partial charge on any atom is -0.489 e. The molecule has 0 unspecified atom stereocenters. The second kappa shape index (κ2) is 10.8. The molecule has 0 spiro atoms. The number of benzene rings is 2. The van der Waals surface area contributed by atoms with E-state index in [1.54, 1.807) is 30.5 Å². The third-order valence-corrected chi connectivity index (χ3v) is 5.61. The second-order valence-corrected chi connectivity index (χ2v) is 8.26. The van der Waals surface area contributed by atoms with Crippen molar-refractivity contribution in [1.82, 2.24) is 4.98 Å². The molecule has 0 radical (unpaired) electrons. The van der Waals surface area contributed by atoms with Gasteiger partial charge in [0, 0.05) is 33.1 Å². The van der Waals surface area contributed by atoms with Gasteiger partial charge >= 0.3 is 0 Å². The minimum absolute atomic E-state index is 0.103. The Labute approximate surface area is 194 Å². The highest BCUT2D eigenvalue weighted by Gasteiger charge is 2.14. The molecule has 1 N–H and O–H groups in total. The molecule has 8 heteroatoms. The number of hydrogen-bond acceptors (Lipinski definition) is 5. The molecule has 2 aromatic carbocycles. The van der Waals surface area contributed by atoms with Gasteiger partial charge in [-0.15, -0.1) is 11.3 Å². The Morgan fingerprint density at radius 3 is 2.84 bits per heavy atom.